The van der Waals surface area contributed by atoms with E-state index in [0.717, 1.165) is 13.0 Å². The maximum atomic E-state index is 12.3. The highest BCUT2D eigenvalue weighted by Gasteiger charge is 2.23. The van der Waals surface area contributed by atoms with Gasteiger partial charge in [-0.05, 0) is 44.9 Å². The Morgan fingerprint density at radius 1 is 1.16 bits per heavy atom. The molecule has 19 heavy (non-hydrogen) atoms. The molecule has 0 saturated carbocycles. The summed E-state index contributed by atoms with van der Waals surface area (Å²) >= 11 is 0. The van der Waals surface area contributed by atoms with Gasteiger partial charge in [0.15, 0.2) is 0 Å². The van der Waals surface area contributed by atoms with Crippen molar-refractivity contribution in [3.8, 4) is 0 Å². The largest absolute Gasteiger partial charge is 0.309 e. The van der Waals surface area contributed by atoms with Crippen LogP contribution in [-0.2, 0) is 17.2 Å². The van der Waals surface area contributed by atoms with E-state index in [1.807, 2.05) is 20.8 Å². The van der Waals surface area contributed by atoms with Gasteiger partial charge in [-0.3, -0.25) is 4.21 Å². The van der Waals surface area contributed by atoms with E-state index < -0.39 is 10.8 Å². The molecule has 1 aromatic carbocycles. The van der Waals surface area contributed by atoms with Crippen molar-refractivity contribution < 1.29 is 4.21 Å². The molecule has 1 rings (SSSR count). The van der Waals surface area contributed by atoms with Crippen molar-refractivity contribution in [1.82, 2.24) is 5.32 Å². The standard InChI is InChI=1S/C16H27NOS/c1-6-13-8-10-14(11-9-13)15(17-7-2)12-19(18)16(3,4)5/h8-11,15,17H,6-7,12H2,1-5H3. The number of aryl methyl sites for hydroxylation is 1. The molecule has 0 aliphatic heterocycles. The van der Waals surface area contributed by atoms with Crippen LogP contribution in [0.5, 0.6) is 0 Å². The molecule has 0 aromatic heterocycles. The Morgan fingerprint density at radius 2 is 1.74 bits per heavy atom. The highest BCUT2D eigenvalue weighted by Crippen LogP contribution is 2.20. The molecule has 108 valence electrons. The summed E-state index contributed by atoms with van der Waals surface area (Å²) in [6.45, 7) is 11.2. The molecule has 0 aliphatic rings. The zero-order valence-corrected chi connectivity index (χ0v) is 13.6. The van der Waals surface area contributed by atoms with Crippen LogP contribution in [0.1, 0.15) is 51.8 Å². The third-order valence-electron chi connectivity index (χ3n) is 3.24. The number of hydrogen-bond acceptors (Lipinski definition) is 2. The van der Waals surface area contributed by atoms with Gasteiger partial charge in [-0.15, -0.1) is 0 Å². The van der Waals surface area contributed by atoms with Crippen LogP contribution in [0.2, 0.25) is 0 Å². The fourth-order valence-electron chi connectivity index (χ4n) is 1.91. The first-order chi connectivity index (χ1) is 8.88. The predicted octanol–water partition coefficient (Wildman–Crippen LogP) is 3.45. The number of hydrogen-bond donors (Lipinski definition) is 1. The van der Waals surface area contributed by atoms with Crippen LogP contribution < -0.4 is 5.32 Å². The Hall–Kier alpha value is -0.670. The average molecular weight is 281 g/mol. The van der Waals surface area contributed by atoms with E-state index in [4.69, 9.17) is 0 Å². The number of nitrogens with one attached hydrogen (secondary N) is 1. The summed E-state index contributed by atoms with van der Waals surface area (Å²) in [7, 11) is -0.839. The maximum absolute atomic E-state index is 12.3. The molecule has 0 aliphatic carbocycles. The van der Waals surface area contributed by atoms with Crippen LogP contribution in [-0.4, -0.2) is 21.3 Å². The minimum Gasteiger partial charge on any atom is -0.309 e. The quantitative estimate of drug-likeness (QED) is 0.865. The molecule has 0 heterocycles. The molecule has 2 nitrogen and oxygen atoms in total. The molecule has 1 N–H and O–H groups in total. The molecule has 0 fully saturated rings. The first-order valence-electron chi connectivity index (χ1n) is 7.09. The first-order valence-corrected chi connectivity index (χ1v) is 8.41. The lowest BCUT2D eigenvalue weighted by molar-refractivity contribution is 0.583. The monoisotopic (exact) mass is 281 g/mol. The molecule has 0 bridgehead atoms. The van der Waals surface area contributed by atoms with Gasteiger partial charge < -0.3 is 5.32 Å². The highest BCUT2D eigenvalue weighted by atomic mass is 32.2. The van der Waals surface area contributed by atoms with Gasteiger partial charge in [0.2, 0.25) is 0 Å². The second kappa shape index (κ2) is 7.20. The molecular formula is C16H27NOS. The van der Waals surface area contributed by atoms with Crippen LogP contribution in [0, 0.1) is 0 Å². The van der Waals surface area contributed by atoms with E-state index in [-0.39, 0.29) is 10.8 Å². The van der Waals surface area contributed by atoms with Gasteiger partial charge in [0.25, 0.3) is 0 Å². The fourth-order valence-corrected chi connectivity index (χ4v) is 3.02. The Kier molecular flexibility index (Phi) is 6.21. The molecule has 0 saturated heterocycles. The van der Waals surface area contributed by atoms with E-state index in [1.165, 1.54) is 11.1 Å². The highest BCUT2D eigenvalue weighted by molar-refractivity contribution is 7.86. The lowest BCUT2D eigenvalue weighted by Crippen LogP contribution is -2.32. The summed E-state index contributed by atoms with van der Waals surface area (Å²) in [5.41, 5.74) is 2.58. The van der Waals surface area contributed by atoms with Gasteiger partial charge in [-0.1, -0.05) is 38.1 Å². The molecule has 0 spiro atoms. The van der Waals surface area contributed by atoms with Gasteiger partial charge in [-0.25, -0.2) is 0 Å². The molecule has 1 aromatic rings. The van der Waals surface area contributed by atoms with E-state index >= 15 is 0 Å². The molecule has 3 heteroatoms. The molecule has 2 atom stereocenters. The van der Waals surface area contributed by atoms with E-state index in [9.17, 15) is 4.21 Å². The van der Waals surface area contributed by atoms with E-state index in [1.54, 1.807) is 0 Å². The van der Waals surface area contributed by atoms with Gasteiger partial charge in [0, 0.05) is 27.3 Å². The fraction of sp³-hybridized carbons (Fsp3) is 0.625. The third-order valence-corrected chi connectivity index (χ3v) is 5.24. The predicted molar refractivity (Wildman–Crippen MR) is 85.0 cm³/mol. The van der Waals surface area contributed by atoms with Crippen LogP contribution in [0.3, 0.4) is 0 Å². The maximum Gasteiger partial charge on any atom is 0.0436 e. The lowest BCUT2D eigenvalue weighted by atomic mass is 10.0. The summed E-state index contributed by atoms with van der Waals surface area (Å²) in [5.74, 6) is 0.669. The normalized spacial score (nSPS) is 15.2. The Morgan fingerprint density at radius 3 is 2.16 bits per heavy atom. The molecule has 0 amide bonds. The number of benzene rings is 1. The van der Waals surface area contributed by atoms with Crippen LogP contribution in [0.15, 0.2) is 24.3 Å². The van der Waals surface area contributed by atoms with Gasteiger partial charge in [0.1, 0.15) is 0 Å². The number of rotatable bonds is 6. The smallest absolute Gasteiger partial charge is 0.0436 e. The third kappa shape index (κ3) is 5.07. The minimum atomic E-state index is -0.839. The van der Waals surface area contributed by atoms with Crippen LogP contribution in [0.4, 0.5) is 0 Å². The van der Waals surface area contributed by atoms with E-state index in [2.05, 4.69) is 43.4 Å². The van der Waals surface area contributed by atoms with E-state index in [0.29, 0.717) is 5.75 Å². The van der Waals surface area contributed by atoms with Crippen molar-refractivity contribution in [1.29, 1.82) is 0 Å². The summed E-state index contributed by atoms with van der Waals surface area (Å²) in [5, 5.41) is 3.45. The van der Waals surface area contributed by atoms with Gasteiger partial charge in [-0.2, -0.15) is 0 Å². The average Bonchev–Trinajstić information content (AvgIpc) is 2.37. The molecule has 0 radical (unpaired) electrons. The van der Waals surface area contributed by atoms with Gasteiger partial charge >= 0.3 is 0 Å². The minimum absolute atomic E-state index is 0.156. The van der Waals surface area contributed by atoms with Crippen molar-refractivity contribution in [2.75, 3.05) is 12.3 Å². The summed E-state index contributed by atoms with van der Waals surface area (Å²) in [4.78, 5) is 0. The first kappa shape index (κ1) is 16.4. The van der Waals surface area contributed by atoms with Crippen molar-refractivity contribution in [2.45, 2.75) is 51.8 Å². The van der Waals surface area contributed by atoms with Crippen molar-refractivity contribution in [3.05, 3.63) is 35.4 Å². The van der Waals surface area contributed by atoms with Crippen LogP contribution >= 0.6 is 0 Å². The zero-order chi connectivity index (χ0) is 14.5. The topological polar surface area (TPSA) is 29.1 Å². The summed E-state index contributed by atoms with van der Waals surface area (Å²) in [6.07, 6.45) is 1.06. The second-order valence-electron chi connectivity index (χ2n) is 5.83. The Labute approximate surface area is 120 Å². The van der Waals surface area contributed by atoms with Gasteiger partial charge in [0.05, 0.1) is 0 Å². The van der Waals surface area contributed by atoms with Crippen molar-refractivity contribution >= 4 is 10.8 Å². The zero-order valence-electron chi connectivity index (χ0n) is 12.8. The Balaban J connectivity index is 2.84. The summed E-state index contributed by atoms with van der Waals surface area (Å²) in [6, 6.07) is 8.83. The van der Waals surface area contributed by atoms with Crippen molar-refractivity contribution in [3.63, 3.8) is 0 Å². The SMILES string of the molecule is CCNC(CS(=O)C(C)(C)C)c1ccc(CC)cc1. The lowest BCUT2D eigenvalue weighted by Gasteiger charge is -2.24. The van der Waals surface area contributed by atoms with Crippen LogP contribution in [0.25, 0.3) is 0 Å². The Bertz CT molecular complexity index is 406. The second-order valence-corrected chi connectivity index (χ2v) is 8.08. The molecular weight excluding hydrogens is 254 g/mol. The summed E-state index contributed by atoms with van der Waals surface area (Å²) < 4.78 is 12.2. The molecule has 2 unspecified atom stereocenters. The van der Waals surface area contributed by atoms with Crippen molar-refractivity contribution in [2.24, 2.45) is 0 Å².